The van der Waals surface area contributed by atoms with Gasteiger partial charge in [-0.05, 0) is 69.7 Å². The Morgan fingerprint density at radius 1 is 1.10 bits per heavy atom. The van der Waals surface area contributed by atoms with E-state index in [1.807, 2.05) is 13.8 Å². The van der Waals surface area contributed by atoms with Gasteiger partial charge >= 0.3 is 6.18 Å². The number of benzene rings is 2. The van der Waals surface area contributed by atoms with Gasteiger partial charge in [-0.2, -0.15) is 13.2 Å². The SMILES string of the molecule is CNC(=O)c1ccc(-n2c(NC(C)C)nc3c(c2=O)C[C@@H](C)N(C(=O)c2ccc(C(F)(F)F)c(Br)c2)C3)cc1. The summed E-state index contributed by atoms with van der Waals surface area (Å²) >= 11 is 2.93. The normalized spacial score (nSPS) is 15.2. The molecule has 1 aromatic heterocycles. The third-order valence-electron chi connectivity index (χ3n) is 6.43. The molecule has 1 aliphatic heterocycles. The molecule has 3 aromatic rings. The van der Waals surface area contributed by atoms with Gasteiger partial charge in [0.15, 0.2) is 0 Å². The number of aromatic nitrogens is 2. The van der Waals surface area contributed by atoms with E-state index in [1.165, 1.54) is 16.5 Å². The number of hydrogen-bond acceptors (Lipinski definition) is 5. The van der Waals surface area contributed by atoms with Crippen molar-refractivity contribution in [3.8, 4) is 5.69 Å². The molecule has 4 rings (SSSR count). The lowest BCUT2D eigenvalue weighted by Crippen LogP contribution is -2.46. The van der Waals surface area contributed by atoms with E-state index in [0.717, 1.165) is 18.2 Å². The van der Waals surface area contributed by atoms with Gasteiger partial charge < -0.3 is 15.5 Å². The fraction of sp³-hybridized carbons (Fsp3) is 0.333. The van der Waals surface area contributed by atoms with Crippen molar-refractivity contribution >= 4 is 33.7 Å². The first-order chi connectivity index (χ1) is 18.3. The first-order valence-corrected chi connectivity index (χ1v) is 13.0. The average molecular weight is 606 g/mol. The predicted molar refractivity (Wildman–Crippen MR) is 144 cm³/mol. The number of alkyl halides is 3. The maximum Gasteiger partial charge on any atom is 0.417 e. The molecule has 0 spiro atoms. The summed E-state index contributed by atoms with van der Waals surface area (Å²) < 4.78 is 40.7. The van der Waals surface area contributed by atoms with Crippen molar-refractivity contribution in [3.05, 3.63) is 85.2 Å². The molecule has 39 heavy (non-hydrogen) atoms. The van der Waals surface area contributed by atoms with Crippen molar-refractivity contribution in [1.82, 2.24) is 19.8 Å². The summed E-state index contributed by atoms with van der Waals surface area (Å²) in [7, 11) is 1.53. The largest absolute Gasteiger partial charge is 0.417 e. The molecule has 8 nitrogen and oxygen atoms in total. The summed E-state index contributed by atoms with van der Waals surface area (Å²) in [6, 6.07) is 9.26. The molecular formula is C27H27BrF3N5O3. The molecule has 2 N–H and O–H groups in total. The molecule has 0 unspecified atom stereocenters. The number of nitrogens with zero attached hydrogens (tertiary/aromatic N) is 3. The van der Waals surface area contributed by atoms with Gasteiger partial charge in [-0.25, -0.2) is 9.55 Å². The summed E-state index contributed by atoms with van der Waals surface area (Å²) in [5, 5.41) is 5.74. The Hall–Kier alpha value is -3.67. The summed E-state index contributed by atoms with van der Waals surface area (Å²) in [6.07, 6.45) is -4.34. The number of rotatable bonds is 5. The molecule has 0 bridgehead atoms. The Balaban J connectivity index is 1.73. The van der Waals surface area contributed by atoms with Crippen LogP contribution in [0.3, 0.4) is 0 Å². The van der Waals surface area contributed by atoms with E-state index in [0.29, 0.717) is 22.5 Å². The standard InChI is InChI=1S/C27H27BrF3N5O3/c1-14(2)33-26-34-22-13-35(24(38)17-7-10-20(21(28)12-17)27(29,30)31)15(3)11-19(22)25(39)36(26)18-8-5-16(6-9-18)23(37)32-4/h5-10,12,14-15H,11,13H2,1-4H3,(H,32,37)(H,33,34)/t15-/m1/s1. The topological polar surface area (TPSA) is 96.3 Å². The van der Waals surface area contributed by atoms with E-state index in [4.69, 9.17) is 4.98 Å². The molecule has 1 atom stereocenters. The van der Waals surface area contributed by atoms with E-state index in [9.17, 15) is 27.6 Å². The average Bonchev–Trinajstić information content (AvgIpc) is 2.87. The number of nitrogens with one attached hydrogen (secondary N) is 2. The van der Waals surface area contributed by atoms with Gasteiger partial charge in [-0.15, -0.1) is 0 Å². The van der Waals surface area contributed by atoms with Crippen molar-refractivity contribution in [3.63, 3.8) is 0 Å². The van der Waals surface area contributed by atoms with Crippen LogP contribution in [-0.2, 0) is 19.1 Å². The minimum Gasteiger partial charge on any atom is -0.355 e. The highest BCUT2D eigenvalue weighted by molar-refractivity contribution is 9.10. The zero-order valence-corrected chi connectivity index (χ0v) is 23.3. The monoisotopic (exact) mass is 605 g/mol. The van der Waals surface area contributed by atoms with Crippen LogP contribution in [0.4, 0.5) is 19.1 Å². The maximum atomic E-state index is 13.7. The number of fused-ring (bicyclic) bond motifs is 1. The van der Waals surface area contributed by atoms with Crippen LogP contribution in [-0.4, -0.2) is 45.4 Å². The second-order valence-corrected chi connectivity index (χ2v) is 10.5. The molecule has 206 valence electrons. The first kappa shape index (κ1) is 28.3. The van der Waals surface area contributed by atoms with Gasteiger partial charge in [0.1, 0.15) is 0 Å². The number of carbonyl (C=O) groups is 2. The summed E-state index contributed by atoms with van der Waals surface area (Å²) in [6.45, 7) is 5.59. The van der Waals surface area contributed by atoms with Crippen LogP contribution < -0.4 is 16.2 Å². The fourth-order valence-corrected chi connectivity index (χ4v) is 5.08. The molecule has 2 aromatic carbocycles. The van der Waals surface area contributed by atoms with Crippen LogP contribution in [0.15, 0.2) is 51.7 Å². The van der Waals surface area contributed by atoms with Crippen LogP contribution in [0.2, 0.25) is 0 Å². The van der Waals surface area contributed by atoms with E-state index in [-0.39, 0.29) is 46.5 Å². The predicted octanol–water partition coefficient (Wildman–Crippen LogP) is 4.78. The quantitative estimate of drug-likeness (QED) is 0.436. The lowest BCUT2D eigenvalue weighted by atomic mass is 9.98. The van der Waals surface area contributed by atoms with E-state index < -0.39 is 23.7 Å². The molecule has 0 aliphatic carbocycles. The van der Waals surface area contributed by atoms with Crippen LogP contribution >= 0.6 is 15.9 Å². The second-order valence-electron chi connectivity index (χ2n) is 9.60. The Kier molecular flexibility index (Phi) is 7.87. The molecular weight excluding hydrogens is 579 g/mol. The third-order valence-corrected chi connectivity index (χ3v) is 7.08. The van der Waals surface area contributed by atoms with E-state index in [2.05, 4.69) is 26.6 Å². The highest BCUT2D eigenvalue weighted by Gasteiger charge is 2.35. The lowest BCUT2D eigenvalue weighted by Gasteiger charge is -2.35. The van der Waals surface area contributed by atoms with Crippen molar-refractivity contribution in [1.29, 1.82) is 0 Å². The van der Waals surface area contributed by atoms with E-state index >= 15 is 0 Å². The molecule has 0 fully saturated rings. The molecule has 2 heterocycles. The van der Waals surface area contributed by atoms with Gasteiger partial charge in [-0.3, -0.25) is 14.4 Å². The van der Waals surface area contributed by atoms with E-state index in [1.54, 1.807) is 31.2 Å². The zero-order valence-electron chi connectivity index (χ0n) is 21.7. The highest BCUT2D eigenvalue weighted by atomic mass is 79.9. The third kappa shape index (κ3) is 5.70. The number of anilines is 1. The Morgan fingerprint density at radius 2 is 1.74 bits per heavy atom. The fourth-order valence-electron chi connectivity index (χ4n) is 4.48. The molecule has 0 saturated heterocycles. The maximum absolute atomic E-state index is 13.7. The van der Waals surface area contributed by atoms with Crippen molar-refractivity contribution in [2.45, 2.75) is 52.0 Å². The minimum atomic E-state index is -4.55. The van der Waals surface area contributed by atoms with Crippen LogP contribution in [0.25, 0.3) is 5.69 Å². The van der Waals surface area contributed by atoms with Crippen LogP contribution in [0.5, 0.6) is 0 Å². The Labute approximate surface area is 231 Å². The minimum absolute atomic E-state index is 0.0203. The molecule has 12 heteroatoms. The van der Waals surface area contributed by atoms with Gasteiger partial charge in [-0.1, -0.05) is 15.9 Å². The van der Waals surface area contributed by atoms with Gasteiger partial charge in [0, 0.05) is 40.3 Å². The number of amides is 2. The number of carbonyl (C=O) groups excluding carboxylic acids is 2. The van der Waals surface area contributed by atoms with Crippen LogP contribution in [0, 0.1) is 0 Å². The number of hydrogen-bond donors (Lipinski definition) is 2. The number of halogens is 4. The van der Waals surface area contributed by atoms with Crippen molar-refractivity contribution in [2.24, 2.45) is 0 Å². The first-order valence-electron chi connectivity index (χ1n) is 12.2. The van der Waals surface area contributed by atoms with Crippen LogP contribution in [0.1, 0.15) is 58.3 Å². The lowest BCUT2D eigenvalue weighted by molar-refractivity contribution is -0.138. The summed E-state index contributed by atoms with van der Waals surface area (Å²) in [4.78, 5) is 45.3. The summed E-state index contributed by atoms with van der Waals surface area (Å²) in [5.74, 6) is -0.436. The Morgan fingerprint density at radius 3 is 2.31 bits per heavy atom. The van der Waals surface area contributed by atoms with Gasteiger partial charge in [0.2, 0.25) is 5.95 Å². The van der Waals surface area contributed by atoms with Gasteiger partial charge in [0.05, 0.1) is 23.5 Å². The smallest absolute Gasteiger partial charge is 0.355 e. The Bertz CT molecular complexity index is 1490. The summed E-state index contributed by atoms with van der Waals surface area (Å²) in [5.41, 5.74) is 0.750. The second kappa shape index (κ2) is 10.8. The molecule has 2 amide bonds. The zero-order chi connectivity index (χ0) is 28.6. The molecule has 1 aliphatic rings. The van der Waals surface area contributed by atoms with Crippen molar-refractivity contribution in [2.75, 3.05) is 12.4 Å². The molecule has 0 saturated carbocycles. The van der Waals surface area contributed by atoms with Crippen molar-refractivity contribution < 1.29 is 22.8 Å². The highest BCUT2D eigenvalue weighted by Crippen LogP contribution is 2.35. The van der Waals surface area contributed by atoms with Gasteiger partial charge in [0.25, 0.3) is 17.4 Å². The molecule has 0 radical (unpaired) electrons.